The zero-order chi connectivity index (χ0) is 21.3. The molecule has 1 saturated heterocycles. The molecule has 0 spiro atoms. The van der Waals surface area contributed by atoms with Crippen molar-refractivity contribution < 1.29 is 22.7 Å². The number of anilines is 2. The zero-order valence-electron chi connectivity index (χ0n) is 16.6. The number of halogens is 3. The number of likely N-dealkylation sites (N-methyl/N-ethyl adjacent to an activating group) is 1. The molecule has 0 atom stereocenters. The van der Waals surface area contributed by atoms with Gasteiger partial charge in [-0.05, 0) is 42.9 Å². The van der Waals surface area contributed by atoms with Crippen molar-refractivity contribution in [2.24, 2.45) is 0 Å². The first-order valence-corrected chi connectivity index (χ1v) is 9.74. The third kappa shape index (κ3) is 4.68. The molecule has 1 fully saturated rings. The van der Waals surface area contributed by atoms with Crippen LogP contribution in [0.3, 0.4) is 0 Å². The SMILES string of the molecule is CN1CCN(CC(=O)NCc2ccc3c(c2)Oc2ccc(C(F)(F)F)cc2N3)CC1. The minimum Gasteiger partial charge on any atom is -0.453 e. The molecule has 4 rings (SSSR count). The fraction of sp³-hybridized carbons (Fsp3) is 0.381. The first kappa shape index (κ1) is 20.5. The van der Waals surface area contributed by atoms with Gasteiger partial charge in [0.25, 0.3) is 0 Å². The van der Waals surface area contributed by atoms with Gasteiger partial charge < -0.3 is 20.3 Å². The smallest absolute Gasteiger partial charge is 0.416 e. The maximum absolute atomic E-state index is 12.9. The van der Waals surface area contributed by atoms with Gasteiger partial charge in [0.05, 0.1) is 23.5 Å². The summed E-state index contributed by atoms with van der Waals surface area (Å²) in [5.74, 6) is 0.793. The van der Waals surface area contributed by atoms with Gasteiger partial charge in [0, 0.05) is 32.7 Å². The van der Waals surface area contributed by atoms with E-state index in [2.05, 4.69) is 27.5 Å². The van der Waals surface area contributed by atoms with Crippen molar-refractivity contribution in [1.29, 1.82) is 0 Å². The van der Waals surface area contributed by atoms with E-state index in [1.807, 2.05) is 6.07 Å². The Morgan fingerprint density at radius 3 is 2.57 bits per heavy atom. The maximum Gasteiger partial charge on any atom is 0.416 e. The Morgan fingerprint density at radius 2 is 1.83 bits per heavy atom. The van der Waals surface area contributed by atoms with E-state index in [1.165, 1.54) is 6.07 Å². The van der Waals surface area contributed by atoms with Gasteiger partial charge in [-0.2, -0.15) is 13.2 Å². The highest BCUT2D eigenvalue weighted by molar-refractivity contribution is 5.78. The molecule has 2 heterocycles. The Balaban J connectivity index is 1.36. The summed E-state index contributed by atoms with van der Waals surface area (Å²) in [5.41, 5.74) is 0.956. The minimum absolute atomic E-state index is 0.0404. The van der Waals surface area contributed by atoms with Crippen LogP contribution in [0.1, 0.15) is 11.1 Å². The number of carbonyl (C=O) groups excluding carboxylic acids is 1. The van der Waals surface area contributed by atoms with E-state index in [4.69, 9.17) is 4.74 Å². The largest absolute Gasteiger partial charge is 0.453 e. The zero-order valence-corrected chi connectivity index (χ0v) is 16.6. The first-order valence-electron chi connectivity index (χ1n) is 9.74. The van der Waals surface area contributed by atoms with Crippen molar-refractivity contribution in [3.63, 3.8) is 0 Å². The number of benzene rings is 2. The van der Waals surface area contributed by atoms with Gasteiger partial charge >= 0.3 is 6.18 Å². The molecule has 9 heteroatoms. The van der Waals surface area contributed by atoms with Crippen LogP contribution >= 0.6 is 0 Å². The van der Waals surface area contributed by atoms with Gasteiger partial charge in [-0.25, -0.2) is 0 Å². The molecule has 0 aromatic heterocycles. The quantitative estimate of drug-likeness (QED) is 0.678. The Bertz CT molecular complexity index is 940. The monoisotopic (exact) mass is 420 g/mol. The number of fused-ring (bicyclic) bond motifs is 2. The average Bonchev–Trinajstić information content (AvgIpc) is 2.71. The number of amides is 1. The van der Waals surface area contributed by atoms with Crippen LogP contribution in [0.4, 0.5) is 24.5 Å². The van der Waals surface area contributed by atoms with Crippen LogP contribution in [-0.2, 0) is 17.5 Å². The van der Waals surface area contributed by atoms with Crippen LogP contribution in [0.5, 0.6) is 11.5 Å². The summed E-state index contributed by atoms with van der Waals surface area (Å²) in [6.45, 7) is 4.37. The molecular formula is C21H23F3N4O2. The molecule has 2 aliphatic heterocycles. The van der Waals surface area contributed by atoms with E-state index < -0.39 is 11.7 Å². The van der Waals surface area contributed by atoms with Gasteiger partial charge in [-0.3, -0.25) is 9.69 Å². The Morgan fingerprint density at radius 1 is 1.07 bits per heavy atom. The number of nitrogens with zero attached hydrogens (tertiary/aromatic N) is 2. The lowest BCUT2D eigenvalue weighted by Gasteiger charge is -2.31. The van der Waals surface area contributed by atoms with Gasteiger partial charge in [-0.1, -0.05) is 6.07 Å². The van der Waals surface area contributed by atoms with Crippen LogP contribution in [0, 0.1) is 0 Å². The molecule has 2 aliphatic rings. The first-order chi connectivity index (χ1) is 14.3. The molecular weight excluding hydrogens is 397 g/mol. The number of hydrogen-bond acceptors (Lipinski definition) is 5. The highest BCUT2D eigenvalue weighted by Gasteiger charge is 2.32. The third-order valence-electron chi connectivity index (χ3n) is 5.29. The molecule has 2 N–H and O–H groups in total. The molecule has 0 radical (unpaired) electrons. The summed E-state index contributed by atoms with van der Waals surface area (Å²) in [5, 5.41) is 5.89. The predicted molar refractivity (Wildman–Crippen MR) is 107 cm³/mol. The molecule has 6 nitrogen and oxygen atoms in total. The highest BCUT2D eigenvalue weighted by atomic mass is 19.4. The summed E-state index contributed by atoms with van der Waals surface area (Å²) in [4.78, 5) is 16.6. The maximum atomic E-state index is 12.9. The topological polar surface area (TPSA) is 56.8 Å². The van der Waals surface area contributed by atoms with Gasteiger partial charge in [-0.15, -0.1) is 0 Å². The highest BCUT2D eigenvalue weighted by Crippen LogP contribution is 2.44. The Hall–Kier alpha value is -2.78. The van der Waals surface area contributed by atoms with Crippen LogP contribution in [0.15, 0.2) is 36.4 Å². The molecule has 0 saturated carbocycles. The van der Waals surface area contributed by atoms with Gasteiger partial charge in [0.2, 0.25) is 5.91 Å². The number of alkyl halides is 3. The molecule has 2 aromatic rings. The van der Waals surface area contributed by atoms with Crippen LogP contribution in [0.25, 0.3) is 0 Å². The van der Waals surface area contributed by atoms with Crippen molar-refractivity contribution in [2.45, 2.75) is 12.7 Å². The molecule has 30 heavy (non-hydrogen) atoms. The van der Waals surface area contributed by atoms with E-state index in [9.17, 15) is 18.0 Å². The molecule has 0 unspecified atom stereocenters. The van der Waals surface area contributed by atoms with E-state index >= 15 is 0 Å². The van der Waals surface area contributed by atoms with E-state index in [1.54, 1.807) is 12.1 Å². The van der Waals surface area contributed by atoms with Crippen LogP contribution in [-0.4, -0.2) is 55.5 Å². The fourth-order valence-electron chi connectivity index (χ4n) is 3.49. The summed E-state index contributed by atoms with van der Waals surface area (Å²) >= 11 is 0. The van der Waals surface area contributed by atoms with E-state index in [0.29, 0.717) is 30.3 Å². The molecule has 1 amide bonds. The molecule has 0 aliphatic carbocycles. The van der Waals surface area contributed by atoms with Crippen molar-refractivity contribution in [1.82, 2.24) is 15.1 Å². The van der Waals surface area contributed by atoms with Gasteiger partial charge in [0.15, 0.2) is 11.5 Å². The Labute approximate surface area is 172 Å². The number of rotatable bonds is 4. The van der Waals surface area contributed by atoms with Crippen molar-refractivity contribution in [2.75, 3.05) is 45.1 Å². The molecule has 2 aromatic carbocycles. The third-order valence-corrected chi connectivity index (χ3v) is 5.29. The van der Waals surface area contributed by atoms with Gasteiger partial charge in [0.1, 0.15) is 0 Å². The second kappa shape index (κ2) is 8.16. The van der Waals surface area contributed by atoms with E-state index in [-0.39, 0.29) is 11.6 Å². The number of hydrogen-bond donors (Lipinski definition) is 2. The lowest BCUT2D eigenvalue weighted by Crippen LogP contribution is -2.48. The summed E-state index contributed by atoms with van der Waals surface area (Å²) in [6, 6.07) is 8.65. The fourth-order valence-corrected chi connectivity index (χ4v) is 3.49. The Kier molecular flexibility index (Phi) is 5.57. The van der Waals surface area contributed by atoms with Crippen molar-refractivity contribution in [3.8, 4) is 11.5 Å². The van der Waals surface area contributed by atoms with Crippen LogP contribution in [0.2, 0.25) is 0 Å². The number of carbonyl (C=O) groups is 1. The number of piperazine rings is 1. The molecule has 0 bridgehead atoms. The van der Waals surface area contributed by atoms with Crippen molar-refractivity contribution in [3.05, 3.63) is 47.5 Å². The van der Waals surface area contributed by atoms with Crippen molar-refractivity contribution >= 4 is 17.3 Å². The minimum atomic E-state index is -4.41. The van der Waals surface area contributed by atoms with E-state index in [0.717, 1.165) is 43.9 Å². The predicted octanol–water partition coefficient (Wildman–Crippen LogP) is 3.42. The second-order valence-corrected chi connectivity index (χ2v) is 7.62. The lowest BCUT2D eigenvalue weighted by atomic mass is 10.1. The summed E-state index contributed by atoms with van der Waals surface area (Å²) in [7, 11) is 2.07. The average molecular weight is 420 g/mol. The normalized spacial score (nSPS) is 16.8. The number of nitrogens with one attached hydrogen (secondary N) is 2. The molecule has 160 valence electrons. The summed E-state index contributed by atoms with van der Waals surface area (Å²) in [6.07, 6.45) is -4.41. The summed E-state index contributed by atoms with van der Waals surface area (Å²) < 4.78 is 44.5. The lowest BCUT2D eigenvalue weighted by molar-refractivity contribution is -0.137. The number of ether oxygens (including phenoxy) is 1. The second-order valence-electron chi connectivity index (χ2n) is 7.62. The van der Waals surface area contributed by atoms with Crippen LogP contribution < -0.4 is 15.4 Å². The standard InChI is InChI=1S/C21H23F3N4O2/c1-27-6-8-28(9-7-27)13-20(29)25-12-14-2-4-16-19(10-14)30-18-5-3-15(21(22,23)24)11-17(18)26-16/h2-5,10-11,26H,6-9,12-13H2,1H3,(H,25,29).